The van der Waals surface area contributed by atoms with Crippen molar-refractivity contribution < 1.29 is 0 Å². The average molecular weight is 228 g/mol. The third kappa shape index (κ3) is 3.75. The van der Waals surface area contributed by atoms with Crippen LogP contribution in [0.5, 0.6) is 0 Å². The molecule has 0 amide bonds. The summed E-state index contributed by atoms with van der Waals surface area (Å²) in [7, 11) is 0. The van der Waals surface area contributed by atoms with Crippen LogP contribution >= 0.6 is 0 Å². The molecule has 17 heavy (non-hydrogen) atoms. The minimum absolute atomic E-state index is 0.618. The molecule has 0 aliphatic carbocycles. The van der Waals surface area contributed by atoms with Gasteiger partial charge in [-0.2, -0.15) is 0 Å². The van der Waals surface area contributed by atoms with Gasteiger partial charge >= 0.3 is 0 Å². The maximum atomic E-state index is 3.46. The van der Waals surface area contributed by atoms with E-state index in [-0.39, 0.29) is 0 Å². The summed E-state index contributed by atoms with van der Waals surface area (Å²) in [6.07, 6.45) is 3.13. The Morgan fingerprint density at radius 3 is 2.65 bits per heavy atom. The molecule has 0 saturated carbocycles. The first kappa shape index (κ1) is 11.9. The molecule has 2 N–H and O–H groups in total. The molecule has 0 fully saturated rings. The van der Waals surface area contributed by atoms with Gasteiger partial charge in [0.05, 0.1) is 0 Å². The zero-order chi connectivity index (χ0) is 11.9. The van der Waals surface area contributed by atoms with Gasteiger partial charge in [0, 0.05) is 18.4 Å². The van der Waals surface area contributed by atoms with E-state index in [0.29, 0.717) is 5.92 Å². The minimum Gasteiger partial charge on any atom is -0.364 e. The molecular weight excluding hydrogens is 208 g/mol. The monoisotopic (exact) mass is 228 g/mol. The molecule has 0 saturated heterocycles. The quantitative estimate of drug-likeness (QED) is 0.729. The predicted octanol–water partition coefficient (Wildman–Crippen LogP) is 3.30. The summed E-state index contributed by atoms with van der Waals surface area (Å²) < 4.78 is 0. The minimum atomic E-state index is 0.618. The van der Waals surface area contributed by atoms with Crippen molar-refractivity contribution in [3.8, 4) is 0 Å². The molecule has 1 heterocycles. The average Bonchev–Trinajstić information content (AvgIpc) is 2.88. The van der Waals surface area contributed by atoms with Gasteiger partial charge in [0.25, 0.3) is 0 Å². The highest BCUT2D eigenvalue weighted by Gasteiger charge is 2.03. The van der Waals surface area contributed by atoms with E-state index in [9.17, 15) is 0 Å². The molecule has 1 aromatic carbocycles. The zero-order valence-electron chi connectivity index (χ0n) is 10.3. The lowest BCUT2D eigenvalue weighted by molar-refractivity contribution is 0.590. The van der Waals surface area contributed by atoms with E-state index in [1.807, 2.05) is 12.3 Å². The van der Waals surface area contributed by atoms with Crippen LogP contribution in [0.3, 0.4) is 0 Å². The number of H-pyrrole nitrogens is 1. The summed E-state index contributed by atoms with van der Waals surface area (Å²) in [5, 5.41) is 3.46. The molecule has 1 atom stereocenters. The highest BCUT2D eigenvalue weighted by atomic mass is 14.9. The fraction of sp³-hybridized carbons (Fsp3) is 0.333. The van der Waals surface area contributed by atoms with E-state index < -0.39 is 0 Å². The first-order chi connectivity index (χ1) is 8.36. The second-order valence-corrected chi connectivity index (χ2v) is 4.47. The van der Waals surface area contributed by atoms with Crippen molar-refractivity contribution in [3.05, 3.63) is 59.9 Å². The molecular formula is C15H20N2. The molecule has 2 aromatic rings. The fourth-order valence-corrected chi connectivity index (χ4v) is 1.97. The van der Waals surface area contributed by atoms with Gasteiger partial charge in [0.1, 0.15) is 0 Å². The topological polar surface area (TPSA) is 27.8 Å². The van der Waals surface area contributed by atoms with Crippen molar-refractivity contribution in [2.24, 2.45) is 0 Å². The van der Waals surface area contributed by atoms with Gasteiger partial charge in [-0.3, -0.25) is 0 Å². The predicted molar refractivity (Wildman–Crippen MR) is 72.0 cm³/mol. The Balaban J connectivity index is 1.68. The molecule has 90 valence electrons. The molecule has 2 nitrogen and oxygen atoms in total. The van der Waals surface area contributed by atoms with E-state index in [0.717, 1.165) is 13.1 Å². The Bertz CT molecular complexity index is 406. The number of benzene rings is 1. The Kier molecular flexibility index (Phi) is 4.39. The van der Waals surface area contributed by atoms with Gasteiger partial charge in [0.15, 0.2) is 0 Å². The third-order valence-corrected chi connectivity index (χ3v) is 3.10. The molecule has 0 aliphatic heterocycles. The summed E-state index contributed by atoms with van der Waals surface area (Å²) in [4.78, 5) is 3.19. The van der Waals surface area contributed by atoms with Crippen molar-refractivity contribution in [3.63, 3.8) is 0 Å². The van der Waals surface area contributed by atoms with Gasteiger partial charge in [-0.25, -0.2) is 0 Å². The standard InChI is InChI=1S/C15H20N2/c1-13(14-6-3-2-4-7-14)9-11-16-12-15-8-5-10-17-15/h2-8,10,13,16-17H,9,11-12H2,1H3. The lowest BCUT2D eigenvalue weighted by Crippen LogP contribution is -2.16. The molecule has 1 aromatic heterocycles. The lowest BCUT2D eigenvalue weighted by atomic mass is 9.98. The van der Waals surface area contributed by atoms with Crippen LogP contribution in [0.1, 0.15) is 30.5 Å². The fourth-order valence-electron chi connectivity index (χ4n) is 1.97. The number of aromatic amines is 1. The third-order valence-electron chi connectivity index (χ3n) is 3.10. The van der Waals surface area contributed by atoms with Crippen LogP contribution < -0.4 is 5.32 Å². The van der Waals surface area contributed by atoms with Crippen molar-refractivity contribution in [1.29, 1.82) is 0 Å². The highest BCUT2D eigenvalue weighted by molar-refractivity contribution is 5.18. The summed E-state index contributed by atoms with van der Waals surface area (Å²) in [6, 6.07) is 14.8. The summed E-state index contributed by atoms with van der Waals surface area (Å²) in [5.41, 5.74) is 2.67. The van der Waals surface area contributed by atoms with Gasteiger partial charge in [-0.1, -0.05) is 37.3 Å². The Hall–Kier alpha value is -1.54. The Labute approximate surface area is 103 Å². The summed E-state index contributed by atoms with van der Waals surface area (Å²) in [6.45, 7) is 4.26. The van der Waals surface area contributed by atoms with Crippen LogP contribution in [-0.4, -0.2) is 11.5 Å². The van der Waals surface area contributed by atoms with Crippen LogP contribution in [0, 0.1) is 0 Å². The van der Waals surface area contributed by atoms with Crippen molar-refractivity contribution in [2.75, 3.05) is 6.54 Å². The van der Waals surface area contributed by atoms with E-state index in [2.05, 4.69) is 53.6 Å². The van der Waals surface area contributed by atoms with Gasteiger partial charge < -0.3 is 10.3 Å². The second kappa shape index (κ2) is 6.26. The number of nitrogens with one attached hydrogen (secondary N) is 2. The molecule has 0 radical (unpaired) electrons. The van der Waals surface area contributed by atoms with Crippen LogP contribution in [0.25, 0.3) is 0 Å². The molecule has 0 bridgehead atoms. The number of aromatic nitrogens is 1. The van der Waals surface area contributed by atoms with Crippen molar-refractivity contribution in [1.82, 2.24) is 10.3 Å². The molecule has 1 unspecified atom stereocenters. The normalized spacial score (nSPS) is 12.5. The van der Waals surface area contributed by atoms with Gasteiger partial charge in [0.2, 0.25) is 0 Å². The van der Waals surface area contributed by atoms with Crippen molar-refractivity contribution >= 4 is 0 Å². The van der Waals surface area contributed by atoms with Gasteiger partial charge in [-0.05, 0) is 36.6 Å². The highest BCUT2D eigenvalue weighted by Crippen LogP contribution is 2.17. The number of hydrogen-bond acceptors (Lipinski definition) is 1. The Morgan fingerprint density at radius 2 is 1.94 bits per heavy atom. The lowest BCUT2D eigenvalue weighted by Gasteiger charge is -2.12. The first-order valence-electron chi connectivity index (χ1n) is 6.24. The maximum absolute atomic E-state index is 3.46. The van der Waals surface area contributed by atoms with E-state index in [1.54, 1.807) is 0 Å². The summed E-state index contributed by atoms with van der Waals surface area (Å²) >= 11 is 0. The van der Waals surface area contributed by atoms with Crippen LogP contribution in [0.2, 0.25) is 0 Å². The molecule has 0 spiro atoms. The van der Waals surface area contributed by atoms with E-state index in [1.165, 1.54) is 17.7 Å². The van der Waals surface area contributed by atoms with Crippen LogP contribution in [-0.2, 0) is 6.54 Å². The Morgan fingerprint density at radius 1 is 1.12 bits per heavy atom. The number of hydrogen-bond donors (Lipinski definition) is 2. The second-order valence-electron chi connectivity index (χ2n) is 4.47. The van der Waals surface area contributed by atoms with Crippen molar-refractivity contribution in [2.45, 2.75) is 25.8 Å². The summed E-state index contributed by atoms with van der Waals surface area (Å²) in [5.74, 6) is 0.618. The van der Waals surface area contributed by atoms with E-state index in [4.69, 9.17) is 0 Å². The zero-order valence-corrected chi connectivity index (χ0v) is 10.3. The smallest absolute Gasteiger partial charge is 0.0357 e. The number of rotatable bonds is 6. The van der Waals surface area contributed by atoms with Gasteiger partial charge in [-0.15, -0.1) is 0 Å². The first-order valence-corrected chi connectivity index (χ1v) is 6.24. The molecule has 2 rings (SSSR count). The largest absolute Gasteiger partial charge is 0.364 e. The molecule has 0 aliphatic rings. The van der Waals surface area contributed by atoms with Crippen LogP contribution in [0.15, 0.2) is 48.7 Å². The van der Waals surface area contributed by atoms with Crippen LogP contribution in [0.4, 0.5) is 0 Å². The van der Waals surface area contributed by atoms with E-state index >= 15 is 0 Å². The molecule has 2 heteroatoms. The SMILES string of the molecule is CC(CCNCc1ccc[nH]1)c1ccccc1. The maximum Gasteiger partial charge on any atom is 0.0357 e.